The van der Waals surface area contributed by atoms with Gasteiger partial charge in [0.1, 0.15) is 0 Å². The number of Topliss-reactive ketones (excluding diaryl/α,β-unsaturated/α-hetero) is 1. The van der Waals surface area contributed by atoms with Gasteiger partial charge in [0.15, 0.2) is 5.78 Å². The predicted molar refractivity (Wildman–Crippen MR) is 94.4 cm³/mol. The first-order valence-corrected chi connectivity index (χ1v) is 9.93. The Labute approximate surface area is 152 Å². The predicted octanol–water partition coefficient (Wildman–Crippen LogP) is 1.13. The van der Waals surface area contributed by atoms with Crippen molar-refractivity contribution in [2.75, 3.05) is 32.7 Å². The number of hydrogen-bond acceptors (Lipinski definition) is 7. The number of hydrogen-bond donors (Lipinski definition) is 0. The molecular formula is C17H22N4O4S. The molecule has 8 nitrogen and oxygen atoms in total. The molecule has 0 atom stereocenters. The average Bonchev–Trinajstić information content (AvgIpc) is 3.06. The smallest absolute Gasteiger partial charge is 0.243 e. The maximum Gasteiger partial charge on any atom is 0.243 e. The van der Waals surface area contributed by atoms with Crippen LogP contribution in [-0.4, -0.2) is 66.3 Å². The molecule has 1 fully saturated rings. The largest absolute Gasteiger partial charge is 0.426 e. The summed E-state index contributed by atoms with van der Waals surface area (Å²) in [5.74, 6) is 0.991. The SMILES string of the molecule is CC(=O)c1cccc(S(=O)(=O)N2CCN(CCc3nnc(C)o3)CC2)c1. The van der Waals surface area contributed by atoms with Crippen LogP contribution in [0.15, 0.2) is 33.6 Å². The van der Waals surface area contributed by atoms with Crippen LogP contribution >= 0.6 is 0 Å². The summed E-state index contributed by atoms with van der Waals surface area (Å²) in [7, 11) is -3.59. The van der Waals surface area contributed by atoms with Gasteiger partial charge in [-0.1, -0.05) is 12.1 Å². The molecule has 2 heterocycles. The highest BCUT2D eigenvalue weighted by atomic mass is 32.2. The molecule has 0 saturated carbocycles. The van der Waals surface area contributed by atoms with Crippen molar-refractivity contribution in [2.24, 2.45) is 0 Å². The molecule has 1 aromatic carbocycles. The lowest BCUT2D eigenvalue weighted by molar-refractivity contribution is 0.101. The van der Waals surface area contributed by atoms with Crippen LogP contribution in [0.2, 0.25) is 0 Å². The fourth-order valence-corrected chi connectivity index (χ4v) is 4.38. The molecule has 140 valence electrons. The summed E-state index contributed by atoms with van der Waals surface area (Å²) in [5.41, 5.74) is 0.402. The molecule has 0 bridgehead atoms. The Hall–Kier alpha value is -2.10. The first kappa shape index (κ1) is 18.7. The second kappa shape index (κ2) is 7.65. The van der Waals surface area contributed by atoms with E-state index in [1.54, 1.807) is 19.1 Å². The zero-order valence-electron chi connectivity index (χ0n) is 14.9. The summed E-state index contributed by atoms with van der Waals surface area (Å²) in [6.45, 7) is 6.02. The van der Waals surface area contributed by atoms with E-state index in [4.69, 9.17) is 4.42 Å². The Kier molecular flexibility index (Phi) is 5.49. The Bertz CT molecular complexity index is 886. The minimum Gasteiger partial charge on any atom is -0.426 e. The number of ketones is 1. The van der Waals surface area contributed by atoms with Crippen molar-refractivity contribution >= 4 is 15.8 Å². The lowest BCUT2D eigenvalue weighted by atomic mass is 10.2. The monoisotopic (exact) mass is 378 g/mol. The molecule has 1 aliphatic heterocycles. The fraction of sp³-hybridized carbons (Fsp3) is 0.471. The van der Waals surface area contributed by atoms with Gasteiger partial charge in [-0.15, -0.1) is 10.2 Å². The van der Waals surface area contributed by atoms with Gasteiger partial charge >= 0.3 is 0 Å². The van der Waals surface area contributed by atoms with Crippen LogP contribution in [0, 0.1) is 6.92 Å². The van der Waals surface area contributed by atoms with Crippen molar-refractivity contribution in [1.29, 1.82) is 0 Å². The van der Waals surface area contributed by atoms with Gasteiger partial charge in [0.05, 0.1) is 4.90 Å². The maximum atomic E-state index is 12.8. The van der Waals surface area contributed by atoms with Crippen molar-refractivity contribution in [2.45, 2.75) is 25.2 Å². The van der Waals surface area contributed by atoms with Gasteiger partial charge < -0.3 is 9.32 Å². The number of piperazine rings is 1. The summed E-state index contributed by atoms with van der Waals surface area (Å²) < 4.78 is 32.5. The second-order valence-electron chi connectivity index (χ2n) is 6.29. The van der Waals surface area contributed by atoms with E-state index in [1.807, 2.05) is 0 Å². The lowest BCUT2D eigenvalue weighted by Gasteiger charge is -2.33. The van der Waals surface area contributed by atoms with Crippen LogP contribution in [0.3, 0.4) is 0 Å². The lowest BCUT2D eigenvalue weighted by Crippen LogP contribution is -2.49. The number of aryl methyl sites for hydroxylation is 1. The molecule has 26 heavy (non-hydrogen) atoms. The van der Waals surface area contributed by atoms with E-state index in [-0.39, 0.29) is 10.7 Å². The van der Waals surface area contributed by atoms with Crippen LogP contribution in [0.4, 0.5) is 0 Å². The first-order valence-electron chi connectivity index (χ1n) is 8.49. The molecule has 0 spiro atoms. The van der Waals surface area contributed by atoms with Crippen LogP contribution in [0.5, 0.6) is 0 Å². The van der Waals surface area contributed by atoms with E-state index in [1.165, 1.54) is 23.4 Å². The number of benzene rings is 1. The third kappa shape index (κ3) is 4.17. The second-order valence-corrected chi connectivity index (χ2v) is 8.23. The molecule has 1 aliphatic rings. The Morgan fingerprint density at radius 2 is 1.92 bits per heavy atom. The molecule has 3 rings (SSSR count). The highest BCUT2D eigenvalue weighted by molar-refractivity contribution is 7.89. The van der Waals surface area contributed by atoms with Gasteiger partial charge in [0.2, 0.25) is 21.8 Å². The number of carbonyl (C=O) groups is 1. The van der Waals surface area contributed by atoms with Gasteiger partial charge in [-0.25, -0.2) is 8.42 Å². The van der Waals surface area contributed by atoms with Crippen molar-refractivity contribution in [3.63, 3.8) is 0 Å². The molecule has 2 aromatic rings. The Morgan fingerprint density at radius 3 is 2.54 bits per heavy atom. The highest BCUT2D eigenvalue weighted by Gasteiger charge is 2.28. The molecular weight excluding hydrogens is 356 g/mol. The topological polar surface area (TPSA) is 96.6 Å². The van der Waals surface area contributed by atoms with E-state index >= 15 is 0 Å². The van der Waals surface area contributed by atoms with Gasteiger partial charge in [0, 0.05) is 51.6 Å². The van der Waals surface area contributed by atoms with Gasteiger partial charge in [-0.2, -0.15) is 4.31 Å². The molecule has 0 unspecified atom stereocenters. The van der Waals surface area contributed by atoms with E-state index < -0.39 is 10.0 Å². The van der Waals surface area contributed by atoms with Gasteiger partial charge in [0.25, 0.3) is 0 Å². The summed E-state index contributed by atoms with van der Waals surface area (Å²) in [4.78, 5) is 13.8. The number of aromatic nitrogens is 2. The van der Waals surface area contributed by atoms with Crippen molar-refractivity contribution in [3.8, 4) is 0 Å². The van der Waals surface area contributed by atoms with Crippen LogP contribution in [0.25, 0.3) is 0 Å². The molecule has 1 aromatic heterocycles. The molecule has 9 heteroatoms. The fourth-order valence-electron chi connectivity index (χ4n) is 2.91. The van der Waals surface area contributed by atoms with E-state index in [9.17, 15) is 13.2 Å². The number of carbonyl (C=O) groups excluding carboxylic acids is 1. The van der Waals surface area contributed by atoms with E-state index in [0.29, 0.717) is 49.9 Å². The zero-order chi connectivity index (χ0) is 18.7. The minimum absolute atomic E-state index is 0.150. The number of nitrogens with zero attached hydrogens (tertiary/aromatic N) is 4. The molecule has 1 saturated heterocycles. The summed E-state index contributed by atoms with van der Waals surface area (Å²) in [5, 5.41) is 7.77. The Balaban J connectivity index is 1.59. The van der Waals surface area contributed by atoms with Crippen LogP contribution < -0.4 is 0 Å². The van der Waals surface area contributed by atoms with Gasteiger partial charge in [-0.05, 0) is 19.1 Å². The summed E-state index contributed by atoms with van der Waals surface area (Å²) in [6, 6.07) is 6.21. The molecule has 0 N–H and O–H groups in total. The van der Waals surface area contributed by atoms with Gasteiger partial charge in [-0.3, -0.25) is 4.79 Å². The Morgan fingerprint density at radius 1 is 1.19 bits per heavy atom. The number of rotatable bonds is 6. The highest BCUT2D eigenvalue weighted by Crippen LogP contribution is 2.19. The maximum absolute atomic E-state index is 12.8. The molecule has 0 amide bonds. The third-order valence-corrected chi connectivity index (χ3v) is 6.31. The van der Waals surface area contributed by atoms with Crippen molar-refractivity contribution in [1.82, 2.24) is 19.4 Å². The van der Waals surface area contributed by atoms with Crippen LogP contribution in [0.1, 0.15) is 29.1 Å². The summed E-state index contributed by atoms with van der Waals surface area (Å²) >= 11 is 0. The normalized spacial score (nSPS) is 16.7. The van der Waals surface area contributed by atoms with Crippen LogP contribution in [-0.2, 0) is 16.4 Å². The third-order valence-electron chi connectivity index (χ3n) is 4.42. The van der Waals surface area contributed by atoms with Crippen molar-refractivity contribution < 1.29 is 17.6 Å². The standard InChI is InChI=1S/C17H22N4O4S/c1-13(22)15-4-3-5-16(12-15)26(23,24)21-10-8-20(9-11-21)7-6-17-19-18-14(2)25-17/h3-5,12H,6-11H2,1-2H3. The minimum atomic E-state index is -3.59. The number of sulfonamides is 1. The molecule has 0 radical (unpaired) electrons. The summed E-state index contributed by atoms with van der Waals surface area (Å²) in [6.07, 6.45) is 0.647. The van der Waals surface area contributed by atoms with E-state index in [0.717, 1.165) is 6.54 Å². The average molecular weight is 378 g/mol. The quantitative estimate of drug-likeness (QED) is 0.695. The van der Waals surface area contributed by atoms with Crippen molar-refractivity contribution in [3.05, 3.63) is 41.6 Å². The molecule has 0 aliphatic carbocycles. The first-order chi connectivity index (χ1) is 12.4. The zero-order valence-corrected chi connectivity index (χ0v) is 15.7. The van der Waals surface area contributed by atoms with E-state index in [2.05, 4.69) is 15.1 Å².